The summed E-state index contributed by atoms with van der Waals surface area (Å²) in [5.41, 5.74) is 4.48. The Morgan fingerprint density at radius 1 is 1.33 bits per heavy atom. The van der Waals surface area contributed by atoms with E-state index < -0.39 is 0 Å². The molecular weight excluding hydrogens is 280 g/mol. The van der Waals surface area contributed by atoms with Crippen molar-refractivity contribution in [2.75, 3.05) is 12.4 Å². The van der Waals surface area contributed by atoms with E-state index >= 15 is 0 Å². The van der Waals surface area contributed by atoms with Crippen molar-refractivity contribution in [3.05, 3.63) is 47.3 Å². The van der Waals surface area contributed by atoms with Gasteiger partial charge >= 0.3 is 0 Å². The minimum absolute atomic E-state index is 0.698. The molecule has 0 saturated carbocycles. The largest absolute Gasteiger partial charge is 0.346 e. The highest BCUT2D eigenvalue weighted by Gasteiger charge is 2.09. The first kappa shape index (κ1) is 15.5. The Balaban J connectivity index is 2.00. The second-order valence-electron chi connectivity index (χ2n) is 5.27. The molecule has 0 aliphatic carbocycles. The Bertz CT molecular complexity index is 633. The van der Waals surface area contributed by atoms with Crippen LogP contribution in [0.3, 0.4) is 0 Å². The maximum atomic E-state index is 5.48. The Morgan fingerprint density at radius 3 is 2.76 bits per heavy atom. The number of hydrogen-bond acceptors (Lipinski definition) is 2. The lowest BCUT2D eigenvalue weighted by Gasteiger charge is -2.21. The van der Waals surface area contributed by atoms with Gasteiger partial charge in [0.1, 0.15) is 0 Å². The Labute approximate surface area is 131 Å². The summed E-state index contributed by atoms with van der Waals surface area (Å²) in [6.45, 7) is 7.81. The lowest BCUT2D eigenvalue weighted by molar-refractivity contribution is 0.492. The van der Waals surface area contributed by atoms with Gasteiger partial charge in [-0.15, -0.1) is 0 Å². The standard InChI is InChI=1S/C16H22N4S/c1-5-20-9-8-14(18-20)11-19(4)16(21)17-15-10-12(2)6-7-13(15)3/h6-10H,5,11H2,1-4H3,(H,17,21). The van der Waals surface area contributed by atoms with Gasteiger partial charge in [-0.05, 0) is 56.2 Å². The Morgan fingerprint density at radius 2 is 2.10 bits per heavy atom. The van der Waals surface area contributed by atoms with Gasteiger partial charge in [-0.3, -0.25) is 4.68 Å². The molecular formula is C16H22N4S. The average molecular weight is 302 g/mol. The van der Waals surface area contributed by atoms with Gasteiger partial charge in [0.05, 0.1) is 12.2 Å². The summed E-state index contributed by atoms with van der Waals surface area (Å²) in [6.07, 6.45) is 1.99. The van der Waals surface area contributed by atoms with Crippen molar-refractivity contribution in [2.45, 2.75) is 33.9 Å². The third kappa shape index (κ3) is 4.04. The summed E-state index contributed by atoms with van der Waals surface area (Å²) in [6, 6.07) is 8.34. The third-order valence-corrected chi connectivity index (χ3v) is 3.81. The van der Waals surface area contributed by atoms with Crippen molar-refractivity contribution in [1.29, 1.82) is 0 Å². The highest BCUT2D eigenvalue weighted by Crippen LogP contribution is 2.17. The molecule has 112 valence electrons. The van der Waals surface area contributed by atoms with Gasteiger partial charge in [0, 0.05) is 25.5 Å². The van der Waals surface area contributed by atoms with E-state index in [-0.39, 0.29) is 0 Å². The fraction of sp³-hybridized carbons (Fsp3) is 0.375. The van der Waals surface area contributed by atoms with E-state index in [0.717, 1.165) is 17.9 Å². The number of aryl methyl sites for hydroxylation is 3. The first-order valence-electron chi connectivity index (χ1n) is 7.11. The molecule has 0 aliphatic heterocycles. The first-order chi connectivity index (χ1) is 9.99. The van der Waals surface area contributed by atoms with Crippen LogP contribution >= 0.6 is 12.2 Å². The molecule has 21 heavy (non-hydrogen) atoms. The molecule has 5 heteroatoms. The fourth-order valence-electron chi connectivity index (χ4n) is 2.06. The molecule has 0 spiro atoms. The van der Waals surface area contributed by atoms with Crippen LogP contribution in [0, 0.1) is 13.8 Å². The Kier molecular flexibility index (Phi) is 4.96. The summed E-state index contributed by atoms with van der Waals surface area (Å²) in [4.78, 5) is 2.00. The van der Waals surface area contributed by atoms with E-state index in [9.17, 15) is 0 Å². The SMILES string of the molecule is CCn1ccc(CN(C)C(=S)Nc2cc(C)ccc2C)n1. The lowest BCUT2D eigenvalue weighted by Crippen LogP contribution is -2.31. The van der Waals surface area contributed by atoms with Crippen LogP contribution in [0.15, 0.2) is 30.5 Å². The van der Waals surface area contributed by atoms with E-state index in [1.165, 1.54) is 11.1 Å². The molecule has 4 nitrogen and oxygen atoms in total. The highest BCUT2D eigenvalue weighted by atomic mass is 32.1. The molecule has 0 bridgehead atoms. The zero-order valence-electron chi connectivity index (χ0n) is 13.1. The van der Waals surface area contributed by atoms with Crippen molar-refractivity contribution in [3.63, 3.8) is 0 Å². The number of aromatic nitrogens is 2. The molecule has 0 saturated heterocycles. The van der Waals surface area contributed by atoms with E-state index in [0.29, 0.717) is 11.7 Å². The van der Waals surface area contributed by atoms with Crippen LogP contribution in [0.4, 0.5) is 5.69 Å². The predicted molar refractivity (Wildman–Crippen MR) is 91.5 cm³/mol. The van der Waals surface area contributed by atoms with Crippen LogP contribution in [0.25, 0.3) is 0 Å². The molecule has 1 aromatic heterocycles. The van der Waals surface area contributed by atoms with E-state index in [4.69, 9.17) is 12.2 Å². The molecule has 1 N–H and O–H groups in total. The number of anilines is 1. The van der Waals surface area contributed by atoms with Crippen LogP contribution in [0.2, 0.25) is 0 Å². The van der Waals surface area contributed by atoms with Gasteiger partial charge < -0.3 is 10.2 Å². The number of rotatable bonds is 4. The molecule has 1 aromatic carbocycles. The van der Waals surface area contributed by atoms with Gasteiger partial charge in [-0.1, -0.05) is 12.1 Å². The van der Waals surface area contributed by atoms with Crippen molar-refractivity contribution in [2.24, 2.45) is 0 Å². The second-order valence-corrected chi connectivity index (χ2v) is 5.65. The van der Waals surface area contributed by atoms with Crippen LogP contribution < -0.4 is 5.32 Å². The van der Waals surface area contributed by atoms with Gasteiger partial charge in [-0.2, -0.15) is 5.10 Å². The van der Waals surface area contributed by atoms with Crippen LogP contribution in [-0.4, -0.2) is 26.8 Å². The van der Waals surface area contributed by atoms with Gasteiger partial charge in [0.25, 0.3) is 0 Å². The van der Waals surface area contributed by atoms with Crippen molar-refractivity contribution < 1.29 is 0 Å². The summed E-state index contributed by atoms with van der Waals surface area (Å²) in [5, 5.41) is 8.50. The van der Waals surface area contributed by atoms with E-state index in [2.05, 4.69) is 49.4 Å². The minimum atomic E-state index is 0.698. The zero-order chi connectivity index (χ0) is 15.4. The summed E-state index contributed by atoms with van der Waals surface area (Å²) in [5.74, 6) is 0. The topological polar surface area (TPSA) is 33.1 Å². The summed E-state index contributed by atoms with van der Waals surface area (Å²) < 4.78 is 1.92. The van der Waals surface area contributed by atoms with Crippen molar-refractivity contribution >= 4 is 23.0 Å². The molecule has 2 aromatic rings. The lowest BCUT2D eigenvalue weighted by atomic mass is 10.1. The normalized spacial score (nSPS) is 10.5. The molecule has 0 unspecified atom stereocenters. The van der Waals surface area contributed by atoms with Crippen molar-refractivity contribution in [3.8, 4) is 0 Å². The number of benzene rings is 1. The quantitative estimate of drug-likeness (QED) is 0.878. The molecule has 0 aliphatic rings. The van der Waals surface area contributed by atoms with Crippen LogP contribution in [0.5, 0.6) is 0 Å². The maximum Gasteiger partial charge on any atom is 0.173 e. The van der Waals surface area contributed by atoms with E-state index in [1.807, 2.05) is 28.9 Å². The molecule has 1 heterocycles. The smallest absolute Gasteiger partial charge is 0.173 e. The average Bonchev–Trinajstić information content (AvgIpc) is 2.90. The summed E-state index contributed by atoms with van der Waals surface area (Å²) >= 11 is 5.48. The van der Waals surface area contributed by atoms with Gasteiger partial charge in [-0.25, -0.2) is 0 Å². The minimum Gasteiger partial charge on any atom is -0.346 e. The number of nitrogens with one attached hydrogen (secondary N) is 1. The zero-order valence-corrected chi connectivity index (χ0v) is 13.9. The number of nitrogens with zero attached hydrogens (tertiary/aromatic N) is 3. The molecule has 0 atom stereocenters. The number of thiocarbonyl (C=S) groups is 1. The first-order valence-corrected chi connectivity index (χ1v) is 7.52. The second kappa shape index (κ2) is 6.72. The highest BCUT2D eigenvalue weighted by molar-refractivity contribution is 7.80. The molecule has 0 amide bonds. The molecule has 2 rings (SSSR count). The fourth-order valence-corrected chi connectivity index (χ4v) is 2.23. The van der Waals surface area contributed by atoms with E-state index in [1.54, 1.807) is 0 Å². The number of hydrogen-bond donors (Lipinski definition) is 1. The monoisotopic (exact) mass is 302 g/mol. The van der Waals surface area contributed by atoms with Crippen LogP contribution in [0.1, 0.15) is 23.7 Å². The molecule has 0 radical (unpaired) electrons. The Hall–Kier alpha value is -1.88. The van der Waals surface area contributed by atoms with Gasteiger partial charge in [0.2, 0.25) is 0 Å². The van der Waals surface area contributed by atoms with Gasteiger partial charge in [0.15, 0.2) is 5.11 Å². The van der Waals surface area contributed by atoms with Crippen LogP contribution in [-0.2, 0) is 13.1 Å². The third-order valence-electron chi connectivity index (χ3n) is 3.40. The summed E-state index contributed by atoms with van der Waals surface area (Å²) in [7, 11) is 1.98. The maximum absolute atomic E-state index is 5.48. The van der Waals surface area contributed by atoms with Crippen molar-refractivity contribution in [1.82, 2.24) is 14.7 Å². The molecule has 0 fully saturated rings. The predicted octanol–water partition coefficient (Wildman–Crippen LogP) is 3.35.